The van der Waals surface area contributed by atoms with Gasteiger partial charge in [0.05, 0.1) is 6.26 Å². The van der Waals surface area contributed by atoms with Crippen LogP contribution in [0, 0.1) is 12.8 Å². The number of rotatable bonds is 10. The van der Waals surface area contributed by atoms with Crippen molar-refractivity contribution >= 4 is 0 Å². The van der Waals surface area contributed by atoms with E-state index in [2.05, 4.69) is 39.1 Å². The summed E-state index contributed by atoms with van der Waals surface area (Å²) in [5.74, 6) is 1.89. The molecule has 0 spiro atoms. The van der Waals surface area contributed by atoms with Gasteiger partial charge in [0, 0.05) is 11.6 Å². The first-order valence-electron chi connectivity index (χ1n) is 8.00. The van der Waals surface area contributed by atoms with Crippen molar-refractivity contribution in [1.82, 2.24) is 5.32 Å². The van der Waals surface area contributed by atoms with Gasteiger partial charge in [-0.05, 0) is 38.3 Å². The highest BCUT2D eigenvalue weighted by molar-refractivity contribution is 5.20. The molecule has 110 valence electrons. The summed E-state index contributed by atoms with van der Waals surface area (Å²) in [6.07, 6.45) is 9.52. The Hall–Kier alpha value is -0.760. The standard InChI is InChI=1S/C17H31NO/c1-5-8-9-15(7-3)13-17(18-11-6-2)16-10-12-19-14(16)4/h10,12,15,17-18H,5-9,11,13H2,1-4H3. The normalized spacial score (nSPS) is 14.5. The van der Waals surface area contributed by atoms with Crippen LogP contribution < -0.4 is 5.32 Å². The molecule has 0 aliphatic heterocycles. The van der Waals surface area contributed by atoms with Crippen molar-refractivity contribution in [2.75, 3.05) is 6.54 Å². The average Bonchev–Trinajstić information content (AvgIpc) is 2.84. The average molecular weight is 265 g/mol. The zero-order valence-electron chi connectivity index (χ0n) is 13.2. The van der Waals surface area contributed by atoms with E-state index in [4.69, 9.17) is 4.42 Å². The fourth-order valence-electron chi connectivity index (χ4n) is 2.71. The zero-order valence-corrected chi connectivity index (χ0v) is 13.2. The summed E-state index contributed by atoms with van der Waals surface area (Å²) in [5, 5.41) is 3.69. The summed E-state index contributed by atoms with van der Waals surface area (Å²) in [6, 6.07) is 2.59. The summed E-state index contributed by atoms with van der Waals surface area (Å²) < 4.78 is 5.48. The lowest BCUT2D eigenvalue weighted by molar-refractivity contribution is 0.350. The number of hydrogen-bond donors (Lipinski definition) is 1. The predicted molar refractivity (Wildman–Crippen MR) is 82.4 cm³/mol. The van der Waals surface area contributed by atoms with E-state index in [0.29, 0.717) is 6.04 Å². The van der Waals surface area contributed by atoms with Gasteiger partial charge in [0.15, 0.2) is 0 Å². The molecular formula is C17H31NO. The highest BCUT2D eigenvalue weighted by Crippen LogP contribution is 2.29. The van der Waals surface area contributed by atoms with E-state index >= 15 is 0 Å². The van der Waals surface area contributed by atoms with E-state index in [0.717, 1.165) is 18.2 Å². The fourth-order valence-corrected chi connectivity index (χ4v) is 2.71. The quantitative estimate of drug-likeness (QED) is 0.626. The molecule has 0 saturated carbocycles. The molecule has 1 rings (SSSR count). The highest BCUT2D eigenvalue weighted by Gasteiger charge is 2.19. The Morgan fingerprint density at radius 3 is 2.53 bits per heavy atom. The van der Waals surface area contributed by atoms with Gasteiger partial charge >= 0.3 is 0 Å². The van der Waals surface area contributed by atoms with Gasteiger partial charge in [-0.1, -0.05) is 46.5 Å². The van der Waals surface area contributed by atoms with Crippen LogP contribution in [0.5, 0.6) is 0 Å². The first kappa shape index (κ1) is 16.3. The molecule has 2 heteroatoms. The molecule has 0 fully saturated rings. The van der Waals surface area contributed by atoms with Crippen molar-refractivity contribution in [3.63, 3.8) is 0 Å². The van der Waals surface area contributed by atoms with Gasteiger partial charge in [0.25, 0.3) is 0 Å². The second kappa shape index (κ2) is 9.19. The summed E-state index contributed by atoms with van der Waals surface area (Å²) in [4.78, 5) is 0. The molecule has 2 atom stereocenters. The molecule has 1 aromatic heterocycles. The largest absolute Gasteiger partial charge is 0.469 e. The van der Waals surface area contributed by atoms with Crippen LogP contribution in [0.25, 0.3) is 0 Å². The number of aryl methyl sites for hydroxylation is 1. The summed E-state index contributed by atoms with van der Waals surface area (Å²) in [7, 11) is 0. The summed E-state index contributed by atoms with van der Waals surface area (Å²) in [6.45, 7) is 9.97. The minimum Gasteiger partial charge on any atom is -0.469 e. The molecule has 0 amide bonds. The van der Waals surface area contributed by atoms with Crippen LogP contribution in [0.15, 0.2) is 16.7 Å². The minimum absolute atomic E-state index is 0.459. The van der Waals surface area contributed by atoms with Crippen LogP contribution in [0.4, 0.5) is 0 Å². The van der Waals surface area contributed by atoms with Crippen LogP contribution in [0.2, 0.25) is 0 Å². The Morgan fingerprint density at radius 2 is 2.00 bits per heavy atom. The Labute approximate surface area is 119 Å². The van der Waals surface area contributed by atoms with Gasteiger partial charge in [-0.15, -0.1) is 0 Å². The number of furan rings is 1. The lowest BCUT2D eigenvalue weighted by Gasteiger charge is -2.23. The van der Waals surface area contributed by atoms with Gasteiger partial charge in [0.1, 0.15) is 5.76 Å². The van der Waals surface area contributed by atoms with E-state index in [9.17, 15) is 0 Å². The second-order valence-corrected chi connectivity index (χ2v) is 5.59. The highest BCUT2D eigenvalue weighted by atomic mass is 16.3. The molecule has 1 N–H and O–H groups in total. The zero-order chi connectivity index (χ0) is 14.1. The molecule has 1 aromatic rings. The Balaban J connectivity index is 2.65. The topological polar surface area (TPSA) is 25.2 Å². The van der Waals surface area contributed by atoms with Crippen molar-refractivity contribution in [3.8, 4) is 0 Å². The Morgan fingerprint density at radius 1 is 1.21 bits per heavy atom. The van der Waals surface area contributed by atoms with Crippen LogP contribution >= 0.6 is 0 Å². The lowest BCUT2D eigenvalue weighted by atomic mass is 9.89. The SMILES string of the molecule is CCCCC(CC)CC(NCCC)c1ccoc1C. The van der Waals surface area contributed by atoms with Crippen molar-refractivity contribution in [2.24, 2.45) is 5.92 Å². The van der Waals surface area contributed by atoms with Crippen molar-refractivity contribution in [2.45, 2.75) is 72.3 Å². The summed E-state index contributed by atoms with van der Waals surface area (Å²) in [5.41, 5.74) is 1.35. The second-order valence-electron chi connectivity index (χ2n) is 5.59. The smallest absolute Gasteiger partial charge is 0.105 e. The fraction of sp³-hybridized carbons (Fsp3) is 0.765. The van der Waals surface area contributed by atoms with Gasteiger partial charge in [-0.2, -0.15) is 0 Å². The number of nitrogens with one attached hydrogen (secondary N) is 1. The molecule has 2 nitrogen and oxygen atoms in total. The van der Waals surface area contributed by atoms with Crippen LogP contribution in [-0.2, 0) is 0 Å². The third kappa shape index (κ3) is 5.40. The first-order valence-corrected chi connectivity index (χ1v) is 8.00. The molecule has 19 heavy (non-hydrogen) atoms. The molecule has 0 aliphatic rings. The molecule has 0 saturated heterocycles. The van der Waals surface area contributed by atoms with Crippen LogP contribution in [0.3, 0.4) is 0 Å². The van der Waals surface area contributed by atoms with Crippen molar-refractivity contribution < 1.29 is 4.42 Å². The molecule has 0 aliphatic carbocycles. The molecule has 1 heterocycles. The van der Waals surface area contributed by atoms with E-state index in [1.165, 1.54) is 44.1 Å². The van der Waals surface area contributed by atoms with E-state index < -0.39 is 0 Å². The van der Waals surface area contributed by atoms with Crippen LogP contribution in [0.1, 0.15) is 76.7 Å². The van der Waals surface area contributed by atoms with Crippen molar-refractivity contribution in [3.05, 3.63) is 23.7 Å². The monoisotopic (exact) mass is 265 g/mol. The maximum atomic E-state index is 5.48. The molecule has 0 aromatic carbocycles. The number of unbranched alkanes of at least 4 members (excludes halogenated alkanes) is 1. The third-order valence-corrected chi connectivity index (χ3v) is 4.03. The van der Waals surface area contributed by atoms with Gasteiger partial charge in [0.2, 0.25) is 0 Å². The Bertz CT molecular complexity index is 332. The lowest BCUT2D eigenvalue weighted by Crippen LogP contribution is -2.24. The van der Waals surface area contributed by atoms with Gasteiger partial charge in [-0.25, -0.2) is 0 Å². The summed E-state index contributed by atoms with van der Waals surface area (Å²) >= 11 is 0. The van der Waals surface area contributed by atoms with E-state index in [-0.39, 0.29) is 0 Å². The molecular weight excluding hydrogens is 234 g/mol. The van der Waals surface area contributed by atoms with E-state index in [1.807, 2.05) is 6.26 Å². The van der Waals surface area contributed by atoms with Crippen LogP contribution in [-0.4, -0.2) is 6.54 Å². The molecule has 0 bridgehead atoms. The molecule has 2 unspecified atom stereocenters. The van der Waals surface area contributed by atoms with Gasteiger partial charge in [-0.3, -0.25) is 0 Å². The Kier molecular flexibility index (Phi) is 7.88. The third-order valence-electron chi connectivity index (χ3n) is 4.03. The predicted octanol–water partition coefficient (Wildman–Crippen LogP) is 5.24. The van der Waals surface area contributed by atoms with Gasteiger partial charge < -0.3 is 9.73 Å². The maximum Gasteiger partial charge on any atom is 0.105 e. The number of hydrogen-bond acceptors (Lipinski definition) is 2. The minimum atomic E-state index is 0.459. The maximum absolute atomic E-state index is 5.48. The van der Waals surface area contributed by atoms with Crippen molar-refractivity contribution in [1.29, 1.82) is 0 Å². The molecule has 0 radical (unpaired) electrons. The van der Waals surface area contributed by atoms with E-state index in [1.54, 1.807) is 0 Å². The first-order chi connectivity index (χ1) is 9.22.